The Morgan fingerprint density at radius 3 is 2.64 bits per heavy atom. The number of Topliss-reactive ketones (excluding diaryl/α,β-unsaturated/α-hetero) is 1. The van der Waals surface area contributed by atoms with Crippen LogP contribution in [-0.4, -0.2) is 22.8 Å². The van der Waals surface area contributed by atoms with Crippen LogP contribution in [0.25, 0.3) is 0 Å². The summed E-state index contributed by atoms with van der Waals surface area (Å²) in [5, 5.41) is 0. The molecule has 2 fully saturated rings. The molecule has 1 aliphatic carbocycles. The Balaban J connectivity index is 1.92. The Kier molecular flexibility index (Phi) is 4.40. The monoisotopic (exact) mass is 299 g/mol. The van der Waals surface area contributed by atoms with Crippen molar-refractivity contribution in [1.29, 1.82) is 0 Å². The van der Waals surface area contributed by atoms with E-state index < -0.39 is 0 Å². The largest absolute Gasteiger partial charge is 0.299 e. The van der Waals surface area contributed by atoms with Crippen molar-refractivity contribution in [1.82, 2.24) is 4.90 Å². The third-order valence-electron chi connectivity index (χ3n) is 5.94. The summed E-state index contributed by atoms with van der Waals surface area (Å²) in [6.45, 7) is 7.84. The van der Waals surface area contributed by atoms with Crippen molar-refractivity contribution >= 4 is 5.78 Å². The maximum absolute atomic E-state index is 12.8. The minimum atomic E-state index is -0.125. The highest BCUT2D eigenvalue weighted by Crippen LogP contribution is 2.48. The Labute approximate surface area is 134 Å². The Morgan fingerprint density at radius 2 is 1.95 bits per heavy atom. The molecule has 22 heavy (non-hydrogen) atoms. The van der Waals surface area contributed by atoms with E-state index in [1.54, 1.807) is 0 Å². The standard InChI is InChI=1S/C20H29NO/c1-15(2)17-13-20(3)18(11-7-8-12-19(20)22)21(17)14-16-9-5-4-6-10-16/h4-6,9-10,15,17-18H,7-8,11-14H2,1-3H3/t17-,18-,20-/m0/s1. The average Bonchev–Trinajstić information content (AvgIpc) is 2.70. The number of carbonyl (C=O) groups excluding carboxylic acids is 1. The van der Waals surface area contributed by atoms with Crippen LogP contribution in [0.2, 0.25) is 0 Å². The molecule has 2 aliphatic rings. The topological polar surface area (TPSA) is 20.3 Å². The molecule has 1 saturated carbocycles. The van der Waals surface area contributed by atoms with Gasteiger partial charge in [-0.15, -0.1) is 0 Å². The van der Waals surface area contributed by atoms with Crippen LogP contribution >= 0.6 is 0 Å². The van der Waals surface area contributed by atoms with Crippen molar-refractivity contribution in [2.24, 2.45) is 11.3 Å². The number of rotatable bonds is 3. The van der Waals surface area contributed by atoms with Gasteiger partial charge in [-0.25, -0.2) is 0 Å². The van der Waals surface area contributed by atoms with Gasteiger partial charge in [0.1, 0.15) is 5.78 Å². The molecule has 3 rings (SSSR count). The molecule has 2 heteroatoms. The minimum absolute atomic E-state index is 0.125. The van der Waals surface area contributed by atoms with Crippen molar-refractivity contribution in [2.75, 3.05) is 0 Å². The van der Waals surface area contributed by atoms with Gasteiger partial charge in [-0.2, -0.15) is 0 Å². The molecule has 0 unspecified atom stereocenters. The summed E-state index contributed by atoms with van der Waals surface area (Å²) in [6, 6.07) is 11.7. The molecule has 1 saturated heterocycles. The van der Waals surface area contributed by atoms with Crippen LogP contribution in [0.15, 0.2) is 30.3 Å². The summed E-state index contributed by atoms with van der Waals surface area (Å²) < 4.78 is 0. The van der Waals surface area contributed by atoms with Gasteiger partial charge in [0.05, 0.1) is 0 Å². The highest BCUT2D eigenvalue weighted by molar-refractivity contribution is 5.86. The van der Waals surface area contributed by atoms with E-state index in [9.17, 15) is 4.79 Å². The molecule has 2 nitrogen and oxygen atoms in total. The highest BCUT2D eigenvalue weighted by Gasteiger charge is 2.53. The molecular weight excluding hydrogens is 270 g/mol. The highest BCUT2D eigenvalue weighted by atomic mass is 16.1. The fourth-order valence-corrected chi connectivity index (χ4v) is 4.62. The number of benzene rings is 1. The van der Waals surface area contributed by atoms with Crippen LogP contribution in [0.4, 0.5) is 0 Å². The number of hydrogen-bond donors (Lipinski definition) is 0. The first-order valence-electron chi connectivity index (χ1n) is 8.85. The van der Waals surface area contributed by atoms with Gasteiger partial charge in [-0.1, -0.05) is 57.5 Å². The zero-order valence-corrected chi connectivity index (χ0v) is 14.2. The predicted octanol–water partition coefficient (Wildman–Crippen LogP) is 4.43. The molecule has 0 radical (unpaired) electrons. The van der Waals surface area contributed by atoms with Gasteiger partial charge in [-0.05, 0) is 30.7 Å². The smallest absolute Gasteiger partial charge is 0.140 e. The van der Waals surface area contributed by atoms with E-state index in [0.717, 1.165) is 25.8 Å². The lowest BCUT2D eigenvalue weighted by molar-refractivity contribution is -0.128. The Morgan fingerprint density at radius 1 is 1.23 bits per heavy atom. The molecule has 1 aliphatic heterocycles. The van der Waals surface area contributed by atoms with E-state index in [0.29, 0.717) is 23.8 Å². The Hall–Kier alpha value is -1.15. The molecule has 3 atom stereocenters. The second kappa shape index (κ2) is 6.16. The van der Waals surface area contributed by atoms with E-state index in [4.69, 9.17) is 0 Å². The molecule has 1 aromatic carbocycles. The number of fused-ring (bicyclic) bond motifs is 1. The van der Waals surface area contributed by atoms with Gasteiger partial charge in [0.15, 0.2) is 0 Å². The normalized spacial score (nSPS) is 33.0. The predicted molar refractivity (Wildman–Crippen MR) is 90.6 cm³/mol. The lowest BCUT2D eigenvalue weighted by Crippen LogP contribution is -2.43. The van der Waals surface area contributed by atoms with Crippen LogP contribution < -0.4 is 0 Å². The number of ketones is 1. The van der Waals surface area contributed by atoms with E-state index in [1.807, 2.05) is 0 Å². The van der Waals surface area contributed by atoms with Crippen molar-refractivity contribution < 1.29 is 4.79 Å². The van der Waals surface area contributed by atoms with Crippen molar-refractivity contribution in [3.05, 3.63) is 35.9 Å². The lowest BCUT2D eigenvalue weighted by atomic mass is 9.76. The molecular formula is C20H29NO. The van der Waals surface area contributed by atoms with Gasteiger partial charge < -0.3 is 0 Å². The summed E-state index contributed by atoms with van der Waals surface area (Å²) >= 11 is 0. The molecule has 1 aromatic rings. The maximum atomic E-state index is 12.8. The first-order chi connectivity index (χ1) is 10.5. The summed E-state index contributed by atoms with van der Waals surface area (Å²) in [5.74, 6) is 1.11. The SMILES string of the molecule is CC(C)[C@@H]1C[C@]2(C)C(=O)CCCC[C@@H]2N1Cc1ccccc1. The summed E-state index contributed by atoms with van der Waals surface area (Å²) in [7, 11) is 0. The van der Waals surface area contributed by atoms with Crippen molar-refractivity contribution in [3.63, 3.8) is 0 Å². The van der Waals surface area contributed by atoms with Gasteiger partial charge in [-0.3, -0.25) is 9.69 Å². The Bertz CT molecular complexity index is 524. The van der Waals surface area contributed by atoms with Gasteiger partial charge in [0.25, 0.3) is 0 Å². The first-order valence-corrected chi connectivity index (χ1v) is 8.85. The van der Waals surface area contributed by atoms with E-state index in [1.165, 1.54) is 18.4 Å². The van der Waals surface area contributed by atoms with E-state index in [2.05, 4.69) is 56.0 Å². The van der Waals surface area contributed by atoms with Crippen LogP contribution in [0.3, 0.4) is 0 Å². The second-order valence-corrected chi connectivity index (χ2v) is 7.78. The van der Waals surface area contributed by atoms with Crippen LogP contribution in [0, 0.1) is 11.3 Å². The van der Waals surface area contributed by atoms with Crippen molar-refractivity contribution in [2.45, 2.75) is 71.5 Å². The first kappa shape index (κ1) is 15.7. The molecule has 0 aromatic heterocycles. The maximum Gasteiger partial charge on any atom is 0.140 e. The molecule has 0 spiro atoms. The van der Waals surface area contributed by atoms with Crippen LogP contribution in [0.1, 0.15) is 58.4 Å². The molecule has 1 heterocycles. The fraction of sp³-hybridized carbons (Fsp3) is 0.650. The van der Waals surface area contributed by atoms with E-state index >= 15 is 0 Å². The molecule has 0 N–H and O–H groups in total. The summed E-state index contributed by atoms with van der Waals surface area (Å²) in [4.78, 5) is 15.4. The fourth-order valence-electron chi connectivity index (χ4n) is 4.62. The summed E-state index contributed by atoms with van der Waals surface area (Å²) in [5.41, 5.74) is 1.24. The third-order valence-corrected chi connectivity index (χ3v) is 5.94. The summed E-state index contributed by atoms with van der Waals surface area (Å²) in [6.07, 6.45) is 5.29. The average molecular weight is 299 g/mol. The third kappa shape index (κ3) is 2.74. The van der Waals surface area contributed by atoms with Crippen LogP contribution in [0.5, 0.6) is 0 Å². The number of hydrogen-bond acceptors (Lipinski definition) is 2. The quantitative estimate of drug-likeness (QED) is 0.822. The van der Waals surface area contributed by atoms with Crippen LogP contribution in [-0.2, 0) is 11.3 Å². The zero-order chi connectivity index (χ0) is 15.7. The lowest BCUT2D eigenvalue weighted by Gasteiger charge is -2.35. The number of carbonyl (C=O) groups is 1. The van der Waals surface area contributed by atoms with Crippen molar-refractivity contribution in [3.8, 4) is 0 Å². The molecule has 0 bridgehead atoms. The van der Waals surface area contributed by atoms with Gasteiger partial charge in [0.2, 0.25) is 0 Å². The van der Waals surface area contributed by atoms with E-state index in [-0.39, 0.29) is 5.41 Å². The van der Waals surface area contributed by atoms with Gasteiger partial charge in [0, 0.05) is 30.5 Å². The zero-order valence-electron chi connectivity index (χ0n) is 14.2. The minimum Gasteiger partial charge on any atom is -0.299 e. The van der Waals surface area contributed by atoms with Gasteiger partial charge >= 0.3 is 0 Å². The molecule has 0 amide bonds. The molecule has 120 valence electrons. The number of likely N-dealkylation sites (tertiary alicyclic amines) is 1. The number of nitrogens with zero attached hydrogens (tertiary/aromatic N) is 1. The second-order valence-electron chi connectivity index (χ2n) is 7.78.